The van der Waals surface area contributed by atoms with Gasteiger partial charge in [0.25, 0.3) is 0 Å². The van der Waals surface area contributed by atoms with E-state index in [1.54, 1.807) is 12.1 Å². The fourth-order valence-corrected chi connectivity index (χ4v) is 7.14. The number of phenols is 1. The molecule has 0 spiro atoms. The van der Waals surface area contributed by atoms with E-state index >= 15 is 0 Å². The van der Waals surface area contributed by atoms with Gasteiger partial charge in [0.1, 0.15) is 5.78 Å². The van der Waals surface area contributed by atoms with E-state index in [0.29, 0.717) is 29.5 Å². The first-order valence-corrected chi connectivity index (χ1v) is 19.9. The zero-order chi connectivity index (χ0) is 38.7. The Labute approximate surface area is 323 Å². The van der Waals surface area contributed by atoms with Crippen molar-refractivity contribution in [2.75, 3.05) is 13.7 Å². The summed E-state index contributed by atoms with van der Waals surface area (Å²) in [6.07, 6.45) is 18.3. The van der Waals surface area contributed by atoms with Crippen molar-refractivity contribution in [3.63, 3.8) is 0 Å². The van der Waals surface area contributed by atoms with Crippen molar-refractivity contribution >= 4 is 17.1 Å². The van der Waals surface area contributed by atoms with Crippen molar-refractivity contribution in [2.24, 2.45) is 11.7 Å². The molecule has 5 N–H and O–H groups in total. The molecule has 1 aliphatic rings. The second kappa shape index (κ2) is 22.7. The lowest BCUT2D eigenvalue weighted by Gasteiger charge is -2.23. The van der Waals surface area contributed by atoms with Gasteiger partial charge in [-0.15, -0.1) is 0 Å². The summed E-state index contributed by atoms with van der Waals surface area (Å²) in [6, 6.07) is 22.5. The number of methoxy groups -OCH3 is 1. The first-order chi connectivity index (χ1) is 26.1. The van der Waals surface area contributed by atoms with Gasteiger partial charge in [0, 0.05) is 12.6 Å². The zero-order valence-electron chi connectivity index (χ0n) is 32.7. The van der Waals surface area contributed by atoms with E-state index in [-0.39, 0.29) is 35.7 Å². The van der Waals surface area contributed by atoms with Crippen LogP contribution >= 0.6 is 0 Å². The van der Waals surface area contributed by atoms with E-state index in [2.05, 4.69) is 67.7 Å². The molecule has 1 atom stereocenters. The molecule has 3 aromatic rings. The molecule has 0 saturated heterocycles. The van der Waals surface area contributed by atoms with Gasteiger partial charge in [-0.25, -0.2) is 0 Å². The number of allylic oxidation sites excluding steroid dienone is 3. The summed E-state index contributed by atoms with van der Waals surface area (Å²) in [5.74, 6) is 0.529. The van der Waals surface area contributed by atoms with E-state index in [0.717, 1.165) is 62.0 Å². The van der Waals surface area contributed by atoms with E-state index in [9.17, 15) is 19.8 Å². The molecule has 0 bridgehead atoms. The maximum atomic E-state index is 13.1. The fraction of sp³-hybridized carbons (Fsp3) is 0.447. The van der Waals surface area contributed by atoms with Crippen molar-refractivity contribution in [1.29, 1.82) is 0 Å². The van der Waals surface area contributed by atoms with Crippen LogP contribution in [-0.2, 0) is 35.3 Å². The Morgan fingerprint density at radius 2 is 1.48 bits per heavy atom. The Balaban J connectivity index is 1.38. The van der Waals surface area contributed by atoms with Crippen LogP contribution in [0.3, 0.4) is 0 Å². The molecule has 3 aromatic carbocycles. The number of aliphatic hydroxyl groups excluding tert-OH is 1. The average molecular weight is 735 g/mol. The molecule has 0 fully saturated rings. The van der Waals surface area contributed by atoms with Crippen molar-refractivity contribution in [2.45, 2.75) is 116 Å². The molecule has 54 heavy (non-hydrogen) atoms. The number of carbonyl (C=O) groups is 2. The smallest absolute Gasteiger partial charge is 0.163 e. The number of aliphatic hydroxyl groups is 1. The normalized spacial score (nSPS) is 14.4. The molecular formula is C47H62N2O5. The molecule has 7 heteroatoms. The molecule has 7 nitrogen and oxygen atoms in total. The first-order valence-electron chi connectivity index (χ1n) is 19.9. The molecule has 0 saturated carbocycles. The molecule has 290 valence electrons. The first kappa shape index (κ1) is 42.3. The summed E-state index contributed by atoms with van der Waals surface area (Å²) >= 11 is 0. The molecule has 4 rings (SSSR count). The average Bonchev–Trinajstić information content (AvgIpc) is 3.16. The molecule has 0 radical (unpaired) electrons. The lowest BCUT2D eigenvalue weighted by atomic mass is 9.88. The van der Waals surface area contributed by atoms with Gasteiger partial charge in [0.05, 0.1) is 26.3 Å². The topological polar surface area (TPSA) is 122 Å². The summed E-state index contributed by atoms with van der Waals surface area (Å²) in [7, 11) is 1.46. The summed E-state index contributed by atoms with van der Waals surface area (Å²) in [5, 5.41) is 24.5. The number of hydrogen-bond donors (Lipinski definition) is 4. The van der Waals surface area contributed by atoms with E-state index < -0.39 is 6.61 Å². The molecule has 1 unspecified atom stereocenters. The maximum Gasteiger partial charge on any atom is 0.163 e. The van der Waals surface area contributed by atoms with E-state index in [4.69, 9.17) is 10.5 Å². The minimum atomic E-state index is -0.413. The van der Waals surface area contributed by atoms with Crippen molar-refractivity contribution in [1.82, 2.24) is 5.32 Å². The van der Waals surface area contributed by atoms with Gasteiger partial charge >= 0.3 is 0 Å². The fourth-order valence-electron chi connectivity index (χ4n) is 7.14. The van der Waals surface area contributed by atoms with Crippen LogP contribution in [0.4, 0.5) is 0 Å². The van der Waals surface area contributed by atoms with Gasteiger partial charge in [-0.05, 0) is 113 Å². The van der Waals surface area contributed by atoms with Gasteiger partial charge in [-0.3, -0.25) is 9.59 Å². The third-order valence-electron chi connectivity index (χ3n) is 10.2. The molecule has 0 aliphatic carbocycles. The van der Waals surface area contributed by atoms with Crippen LogP contribution in [0.5, 0.6) is 11.5 Å². The number of nitrogens with two attached hydrogens (primary N) is 1. The number of ether oxygens (including phenoxy) is 1. The summed E-state index contributed by atoms with van der Waals surface area (Å²) < 4.78 is 5.42. The highest BCUT2D eigenvalue weighted by Crippen LogP contribution is 2.36. The molecule has 0 amide bonds. The van der Waals surface area contributed by atoms with Crippen LogP contribution in [0.2, 0.25) is 0 Å². The second-order valence-electron chi connectivity index (χ2n) is 15.1. The molecule has 1 aliphatic heterocycles. The number of aromatic hydroxyl groups is 1. The van der Waals surface area contributed by atoms with Crippen LogP contribution in [0.25, 0.3) is 5.57 Å². The lowest BCUT2D eigenvalue weighted by Crippen LogP contribution is -2.35. The quantitative estimate of drug-likeness (QED) is 0.0412. The summed E-state index contributed by atoms with van der Waals surface area (Å²) in [5.41, 5.74) is 14.0. The molecular weight excluding hydrogens is 673 g/mol. The van der Waals surface area contributed by atoms with Crippen LogP contribution in [0.15, 0.2) is 96.2 Å². The second-order valence-corrected chi connectivity index (χ2v) is 15.1. The summed E-state index contributed by atoms with van der Waals surface area (Å²) in [4.78, 5) is 25.8. The zero-order valence-corrected chi connectivity index (χ0v) is 32.7. The highest BCUT2D eigenvalue weighted by Gasteiger charge is 2.20. The van der Waals surface area contributed by atoms with Crippen LogP contribution in [-0.4, -0.2) is 41.7 Å². The number of unbranched alkanes of at least 4 members (excludes halogenated alkanes) is 6. The number of nitrogens with one attached hydrogen (secondary N) is 1. The Bertz CT molecular complexity index is 1740. The lowest BCUT2D eigenvalue weighted by molar-refractivity contribution is -0.124. The maximum absolute atomic E-state index is 13.1. The van der Waals surface area contributed by atoms with Crippen molar-refractivity contribution in [3.05, 3.63) is 124 Å². The summed E-state index contributed by atoms with van der Waals surface area (Å²) in [6.45, 7) is 4.11. The van der Waals surface area contributed by atoms with Gasteiger partial charge in [0.15, 0.2) is 17.3 Å². The van der Waals surface area contributed by atoms with Crippen molar-refractivity contribution < 1.29 is 24.5 Å². The van der Waals surface area contributed by atoms with E-state index in [1.807, 2.05) is 18.3 Å². The largest absolute Gasteiger partial charge is 0.504 e. The number of rotatable bonds is 24. The number of phenolic OH excluding ortho intramolecular Hbond substituents is 1. The number of benzene rings is 3. The SMILES string of the molecule is COc1cc(C(=CC(=O)CC(=O)CCCCCCCCCC(C)C)CO)c(CC2=CNC(N)C=C2CCc2cccc(CCc3ccccc3)c2)cc1O. The van der Waals surface area contributed by atoms with Gasteiger partial charge < -0.3 is 26.0 Å². The number of ketones is 2. The van der Waals surface area contributed by atoms with Crippen LogP contribution < -0.4 is 15.8 Å². The van der Waals surface area contributed by atoms with Gasteiger partial charge in [0.2, 0.25) is 0 Å². The number of Topliss-reactive ketones (excluding diaryl/α,β-unsaturated/α-hetero) is 1. The highest BCUT2D eigenvalue weighted by atomic mass is 16.5. The Morgan fingerprint density at radius 1 is 0.833 bits per heavy atom. The van der Waals surface area contributed by atoms with Crippen LogP contribution in [0, 0.1) is 5.92 Å². The molecule has 1 heterocycles. The minimum Gasteiger partial charge on any atom is -0.504 e. The van der Waals surface area contributed by atoms with Gasteiger partial charge in [-0.1, -0.05) is 113 Å². The predicted molar refractivity (Wildman–Crippen MR) is 220 cm³/mol. The minimum absolute atomic E-state index is 0.0375. The third-order valence-corrected chi connectivity index (χ3v) is 10.2. The number of aryl methyl sites for hydroxylation is 3. The Morgan fingerprint density at radius 3 is 2.17 bits per heavy atom. The number of dihydropyridines is 1. The van der Waals surface area contributed by atoms with Gasteiger partial charge in [-0.2, -0.15) is 0 Å². The monoisotopic (exact) mass is 734 g/mol. The third kappa shape index (κ3) is 14.4. The number of hydrogen-bond acceptors (Lipinski definition) is 7. The van der Waals surface area contributed by atoms with E-state index in [1.165, 1.54) is 62.0 Å². The molecule has 0 aromatic heterocycles. The highest BCUT2D eigenvalue weighted by molar-refractivity contribution is 6.07. The standard InChI is InChI=1S/C47H62N2O5/c1-34(2)15-10-7-5-4-6-8-13-20-42(51)30-43(52)27-41(33-50)44-31-46(54-3)45(53)28-39(44)26-40-32-49-47(48)29-38(40)24-23-37-19-14-18-36(25-37)22-21-35-16-11-9-12-17-35/h9,11-12,14,16-19,25,27-29,31-32,34,47,49-50,53H,4-8,10,13,15,20-24,26,30,33,48H2,1-3H3. The van der Waals surface area contributed by atoms with Crippen LogP contribution in [0.1, 0.15) is 112 Å². The Kier molecular flexibility index (Phi) is 17.8. The Hall–Kier alpha value is -4.46. The predicted octanol–water partition coefficient (Wildman–Crippen LogP) is 9.13. The number of carbonyl (C=O) groups excluding carboxylic acids is 2. The van der Waals surface area contributed by atoms with Crippen molar-refractivity contribution in [3.8, 4) is 11.5 Å².